The van der Waals surface area contributed by atoms with Gasteiger partial charge in [0.05, 0.1) is 10.8 Å². The molecule has 0 saturated carbocycles. The lowest BCUT2D eigenvalue weighted by Gasteiger charge is -1.98. The molecule has 0 amide bonds. The Hall–Kier alpha value is -2.55. The van der Waals surface area contributed by atoms with Crippen LogP contribution in [0.1, 0.15) is 0 Å². The molecule has 0 aliphatic rings. The van der Waals surface area contributed by atoms with Crippen LogP contribution in [0, 0.1) is 0 Å². The molecule has 32 heavy (non-hydrogen) atoms. The van der Waals surface area contributed by atoms with Crippen LogP contribution in [0.2, 0.25) is 10.4 Å². The minimum absolute atomic E-state index is 0.157. The molecule has 0 fully saturated rings. The van der Waals surface area contributed by atoms with Crippen molar-refractivity contribution in [1.82, 2.24) is 29.9 Å². The van der Waals surface area contributed by atoms with Crippen molar-refractivity contribution in [1.29, 1.82) is 0 Å². The van der Waals surface area contributed by atoms with Crippen molar-refractivity contribution in [3.8, 4) is 0 Å². The molecule has 0 spiro atoms. The Balaban J connectivity index is 0.000000136. The Bertz CT molecular complexity index is 1510. The first-order chi connectivity index (χ1) is 15.1. The predicted molar refractivity (Wildman–Crippen MR) is 129 cm³/mol. The molecule has 9 nitrogen and oxygen atoms in total. The minimum atomic E-state index is -3.07. The zero-order valence-corrected chi connectivity index (χ0v) is 19.7. The summed E-state index contributed by atoms with van der Waals surface area (Å²) in [6, 6.07) is 12.0. The van der Waals surface area contributed by atoms with Crippen molar-refractivity contribution in [3.63, 3.8) is 0 Å². The maximum atomic E-state index is 11.0. The average Bonchev–Trinajstić information content (AvgIpc) is 3.38. The standard InChI is InChI=1S/C6H3Cl2N3.C6H5Cl2OP.C6H5N3O2/c7-4-3-1-2-9-5(3)11-6(8)10-4;7-10(8,9)6-4-2-1-3-5-6;10-5-3-1-2-7-4(3)8-6(11)9-5/h1-2H,(H,9,10,11);1-5H;1-2H,(H3,7,8,9,10,11). The van der Waals surface area contributed by atoms with Gasteiger partial charge in [0.1, 0.15) is 16.4 Å². The number of benzene rings is 1. The topological polar surface area (TPSA) is 140 Å². The fraction of sp³-hybridized carbons (Fsp3) is 0. The van der Waals surface area contributed by atoms with E-state index in [1.807, 2.05) is 6.07 Å². The molecule has 0 aliphatic heterocycles. The summed E-state index contributed by atoms with van der Waals surface area (Å²) >= 11 is 22.1. The Morgan fingerprint density at radius 2 is 1.47 bits per heavy atom. The number of fused-ring (bicyclic) bond motifs is 2. The van der Waals surface area contributed by atoms with E-state index in [-0.39, 0.29) is 10.8 Å². The highest BCUT2D eigenvalue weighted by Gasteiger charge is 2.15. The van der Waals surface area contributed by atoms with E-state index < -0.39 is 11.5 Å². The van der Waals surface area contributed by atoms with E-state index in [9.17, 15) is 14.2 Å². The van der Waals surface area contributed by atoms with Gasteiger partial charge in [0.15, 0.2) is 0 Å². The van der Waals surface area contributed by atoms with E-state index in [0.29, 0.717) is 27.1 Å². The molecule has 14 heteroatoms. The van der Waals surface area contributed by atoms with Crippen molar-refractivity contribution in [2.75, 3.05) is 0 Å². The third-order valence-corrected chi connectivity index (χ3v) is 6.38. The summed E-state index contributed by atoms with van der Waals surface area (Å²) in [7, 11) is 0. The van der Waals surface area contributed by atoms with Crippen LogP contribution in [0.25, 0.3) is 22.1 Å². The van der Waals surface area contributed by atoms with Crippen molar-refractivity contribution in [2.24, 2.45) is 0 Å². The number of hydrogen-bond donors (Lipinski definition) is 4. The lowest BCUT2D eigenvalue weighted by Crippen LogP contribution is -2.21. The van der Waals surface area contributed by atoms with Crippen molar-refractivity contribution in [2.45, 2.75) is 0 Å². The van der Waals surface area contributed by atoms with Crippen LogP contribution >= 0.6 is 51.5 Å². The number of nitrogens with one attached hydrogen (secondary N) is 4. The highest BCUT2D eigenvalue weighted by atomic mass is 35.9. The first kappa shape index (κ1) is 24.1. The number of hydrogen-bond acceptors (Lipinski definition) is 5. The Kier molecular flexibility index (Phi) is 7.82. The van der Waals surface area contributed by atoms with Crippen LogP contribution in [-0.2, 0) is 4.57 Å². The van der Waals surface area contributed by atoms with E-state index in [2.05, 4.69) is 29.9 Å². The molecular formula is C18H13Cl4N6O3P. The fourth-order valence-corrected chi connectivity index (χ4v) is 4.10. The summed E-state index contributed by atoms with van der Waals surface area (Å²) in [6.07, 6.45) is 3.33. The highest BCUT2D eigenvalue weighted by Crippen LogP contribution is 2.54. The predicted octanol–water partition coefficient (Wildman–Crippen LogP) is 4.79. The number of halogens is 4. The van der Waals surface area contributed by atoms with Gasteiger partial charge in [-0.2, -0.15) is 4.98 Å². The van der Waals surface area contributed by atoms with Gasteiger partial charge in [-0.1, -0.05) is 29.8 Å². The maximum absolute atomic E-state index is 11.0. The quantitative estimate of drug-likeness (QED) is 0.139. The summed E-state index contributed by atoms with van der Waals surface area (Å²) in [5.74, 6) is -3.07. The summed E-state index contributed by atoms with van der Waals surface area (Å²) < 4.78 is 10.9. The average molecular weight is 534 g/mol. The molecule has 0 radical (unpaired) electrons. The number of aromatic amines is 4. The molecule has 1 aromatic carbocycles. The van der Waals surface area contributed by atoms with Gasteiger partial charge in [-0.25, -0.2) is 9.78 Å². The summed E-state index contributed by atoms with van der Waals surface area (Å²) in [6.45, 7) is 0. The molecule has 166 valence electrons. The second-order valence-corrected chi connectivity index (χ2v) is 11.5. The van der Waals surface area contributed by atoms with Crippen molar-refractivity contribution >= 4 is 78.9 Å². The molecule has 4 aromatic heterocycles. The van der Waals surface area contributed by atoms with E-state index in [1.54, 1.807) is 48.8 Å². The number of aromatic nitrogens is 6. The van der Waals surface area contributed by atoms with Crippen LogP contribution in [-0.4, -0.2) is 29.9 Å². The monoisotopic (exact) mass is 532 g/mol. The Morgan fingerprint density at radius 3 is 2.12 bits per heavy atom. The number of H-pyrrole nitrogens is 4. The molecular weight excluding hydrogens is 521 g/mol. The van der Waals surface area contributed by atoms with Crippen LogP contribution in [0.4, 0.5) is 0 Å². The first-order valence-corrected chi connectivity index (χ1v) is 12.9. The second-order valence-electron chi connectivity index (χ2n) is 6.00. The maximum Gasteiger partial charge on any atom is 0.327 e. The van der Waals surface area contributed by atoms with Gasteiger partial charge in [-0.15, -0.1) is 0 Å². The van der Waals surface area contributed by atoms with E-state index in [1.165, 1.54) is 0 Å². The smallest absolute Gasteiger partial charge is 0.327 e. The summed E-state index contributed by atoms with van der Waals surface area (Å²) in [4.78, 5) is 39.5. The lowest BCUT2D eigenvalue weighted by atomic mass is 10.4. The van der Waals surface area contributed by atoms with Crippen molar-refractivity contribution < 1.29 is 4.57 Å². The van der Waals surface area contributed by atoms with Crippen molar-refractivity contribution in [3.05, 3.63) is 86.1 Å². The molecule has 0 saturated heterocycles. The van der Waals surface area contributed by atoms with Gasteiger partial charge in [0, 0.05) is 17.7 Å². The summed E-state index contributed by atoms with van der Waals surface area (Å²) in [5.41, 5.74) is 0.253. The van der Waals surface area contributed by atoms with Crippen LogP contribution in [0.5, 0.6) is 0 Å². The molecule has 0 bridgehead atoms. The van der Waals surface area contributed by atoms with Crippen LogP contribution < -0.4 is 16.6 Å². The molecule has 0 unspecified atom stereocenters. The molecule has 0 atom stereocenters. The van der Waals surface area contributed by atoms with Gasteiger partial charge < -0.3 is 9.97 Å². The summed E-state index contributed by atoms with van der Waals surface area (Å²) in [5, 5.41) is 2.27. The Labute approximate surface area is 199 Å². The number of nitrogens with zero attached hydrogens (tertiary/aromatic N) is 2. The van der Waals surface area contributed by atoms with E-state index in [4.69, 9.17) is 45.7 Å². The lowest BCUT2D eigenvalue weighted by molar-refractivity contribution is 0.597. The normalized spacial score (nSPS) is 10.9. The SMILES string of the molecule is Clc1nc(Cl)c2cc[nH]c2n1.O=P(Cl)(Cl)c1ccccc1.O=c1[nH]c(=O)c2cc[nH]c2[nH]1. The van der Waals surface area contributed by atoms with Crippen LogP contribution in [0.15, 0.2) is 64.4 Å². The molecule has 4 N–H and O–H groups in total. The molecule has 4 heterocycles. The fourth-order valence-electron chi connectivity index (χ4n) is 2.46. The van der Waals surface area contributed by atoms with Gasteiger partial charge in [-0.05, 0) is 58.3 Å². The van der Waals surface area contributed by atoms with E-state index in [0.717, 1.165) is 5.39 Å². The third kappa shape index (κ3) is 6.25. The Morgan fingerprint density at radius 1 is 0.812 bits per heavy atom. The third-order valence-electron chi connectivity index (χ3n) is 3.86. The van der Waals surface area contributed by atoms with Crippen LogP contribution in [0.3, 0.4) is 0 Å². The van der Waals surface area contributed by atoms with Gasteiger partial charge in [0.2, 0.25) is 5.28 Å². The molecule has 5 rings (SSSR count). The van der Waals surface area contributed by atoms with Gasteiger partial charge in [0.25, 0.3) is 11.4 Å². The van der Waals surface area contributed by atoms with Gasteiger partial charge in [-0.3, -0.25) is 19.3 Å². The zero-order valence-electron chi connectivity index (χ0n) is 15.8. The first-order valence-electron chi connectivity index (χ1n) is 8.66. The largest absolute Gasteiger partial charge is 0.347 e. The molecule has 5 aromatic rings. The zero-order chi connectivity index (χ0) is 23.3. The second kappa shape index (κ2) is 10.4. The van der Waals surface area contributed by atoms with Gasteiger partial charge >= 0.3 is 5.69 Å². The highest BCUT2D eigenvalue weighted by molar-refractivity contribution is 8.13. The minimum Gasteiger partial charge on any atom is -0.347 e. The van der Waals surface area contributed by atoms with E-state index >= 15 is 0 Å². The number of rotatable bonds is 1. The molecule has 0 aliphatic carbocycles.